The van der Waals surface area contributed by atoms with Crippen LogP contribution in [0.25, 0.3) is 0 Å². The maximum atomic E-state index is 11.5. The van der Waals surface area contributed by atoms with E-state index in [2.05, 4.69) is 13.8 Å². The Hall–Kier alpha value is 0.850. The average molecular weight is 429 g/mol. The van der Waals surface area contributed by atoms with Crippen LogP contribution >= 0.6 is 7.82 Å². The first-order chi connectivity index (χ1) is 10.1. The summed E-state index contributed by atoms with van der Waals surface area (Å²) in [7, 11) is -4.07. The van der Waals surface area contributed by atoms with Gasteiger partial charge in [0.25, 0.3) is 7.82 Å². The number of phosphoric acid groups is 1. The van der Waals surface area contributed by atoms with Crippen LogP contribution in [0.1, 0.15) is 90.9 Å². The van der Waals surface area contributed by atoms with E-state index in [-0.39, 0.29) is 35.6 Å². The summed E-state index contributed by atoms with van der Waals surface area (Å²) in [4.78, 5) is 11.5. The monoisotopic (exact) mass is 428 g/mol. The van der Waals surface area contributed by atoms with Gasteiger partial charge in [-0.1, -0.05) is 78.1 Å². The molecule has 138 valence electrons. The van der Waals surface area contributed by atoms with Crippen LogP contribution in [0.2, 0.25) is 0 Å². The molecule has 0 heterocycles. The van der Waals surface area contributed by atoms with E-state index in [0.717, 1.165) is 38.5 Å². The van der Waals surface area contributed by atoms with Gasteiger partial charge in [-0.3, -0.25) is 4.57 Å². The Bertz CT molecular complexity index is 243. The van der Waals surface area contributed by atoms with Crippen molar-refractivity contribution in [1.29, 1.82) is 0 Å². The van der Waals surface area contributed by atoms with Crippen LogP contribution in [-0.4, -0.2) is 13.2 Å². The summed E-state index contributed by atoms with van der Waals surface area (Å²) in [6, 6.07) is 0. The third-order valence-corrected chi connectivity index (χ3v) is 4.49. The van der Waals surface area contributed by atoms with Crippen LogP contribution in [0, 0.1) is 0 Å². The predicted molar refractivity (Wildman–Crippen MR) is 86.3 cm³/mol. The molecule has 0 fully saturated rings. The van der Waals surface area contributed by atoms with Crippen molar-refractivity contribution in [2.45, 2.75) is 90.9 Å². The van der Waals surface area contributed by atoms with Gasteiger partial charge in [0.15, 0.2) is 0 Å². The van der Waals surface area contributed by atoms with E-state index in [1.54, 1.807) is 0 Å². The Kier molecular flexibility index (Phi) is 20.8. The zero-order valence-electron chi connectivity index (χ0n) is 14.3. The minimum atomic E-state index is -4.07. The van der Waals surface area contributed by atoms with E-state index < -0.39 is 7.82 Å². The summed E-state index contributed by atoms with van der Waals surface area (Å²) >= 11 is 0. The topological polar surface area (TPSA) is 58.6 Å². The normalized spacial score (nSPS) is 11.4. The number of unbranched alkanes of at least 4 members (excludes halogenated alkanes) is 10. The molecule has 0 aromatic heterocycles. The molecule has 0 unspecified atom stereocenters. The molecule has 0 bridgehead atoms. The largest absolute Gasteiger partial charge is 1.00 e. The van der Waals surface area contributed by atoms with E-state index in [0.29, 0.717) is 0 Å². The Morgan fingerprint density at radius 1 is 0.682 bits per heavy atom. The molecule has 0 atom stereocenters. The van der Waals surface area contributed by atoms with Crippen molar-refractivity contribution in [3.05, 3.63) is 0 Å². The van der Waals surface area contributed by atoms with E-state index in [1.165, 1.54) is 38.5 Å². The third-order valence-electron chi connectivity index (χ3n) is 3.49. The smallest absolute Gasteiger partial charge is 0.756 e. The van der Waals surface area contributed by atoms with Gasteiger partial charge < -0.3 is 13.9 Å². The molecule has 6 heteroatoms. The fourth-order valence-corrected chi connectivity index (χ4v) is 2.93. The Morgan fingerprint density at radius 3 is 1.36 bits per heavy atom. The van der Waals surface area contributed by atoms with Crippen molar-refractivity contribution in [3.63, 3.8) is 0 Å². The summed E-state index contributed by atoms with van der Waals surface area (Å²) in [5.41, 5.74) is 0. The van der Waals surface area contributed by atoms with Crippen LogP contribution in [0.15, 0.2) is 0 Å². The number of phosphoric ester groups is 1. The zero-order chi connectivity index (χ0) is 15.8. The van der Waals surface area contributed by atoms with Gasteiger partial charge in [-0.25, -0.2) is 0 Å². The van der Waals surface area contributed by atoms with E-state index in [9.17, 15) is 9.46 Å². The SMILES string of the molecule is CCCCCCCCOP(=O)([O-])OCCCCCCCC.[Ag+]. The number of hydrogen-bond donors (Lipinski definition) is 0. The van der Waals surface area contributed by atoms with E-state index >= 15 is 0 Å². The average Bonchev–Trinajstić information content (AvgIpc) is 2.45. The van der Waals surface area contributed by atoms with Crippen LogP contribution in [-0.2, 0) is 36.0 Å². The van der Waals surface area contributed by atoms with Crippen LogP contribution in [0.3, 0.4) is 0 Å². The van der Waals surface area contributed by atoms with E-state index in [4.69, 9.17) is 9.05 Å². The fourth-order valence-electron chi connectivity index (χ4n) is 2.15. The van der Waals surface area contributed by atoms with Crippen molar-refractivity contribution < 1.29 is 40.9 Å². The predicted octanol–water partition coefficient (Wildman–Crippen LogP) is 5.21. The Labute approximate surface area is 152 Å². The maximum Gasteiger partial charge on any atom is 1.00 e. The molecule has 0 aromatic rings. The number of hydrogen-bond acceptors (Lipinski definition) is 4. The second kappa shape index (κ2) is 18.2. The number of rotatable bonds is 16. The summed E-state index contributed by atoms with van der Waals surface area (Å²) in [5.74, 6) is 0. The van der Waals surface area contributed by atoms with Gasteiger partial charge in [0.05, 0.1) is 13.2 Å². The van der Waals surface area contributed by atoms with Gasteiger partial charge in [0, 0.05) is 0 Å². The van der Waals surface area contributed by atoms with E-state index in [1.807, 2.05) is 0 Å². The molecule has 0 aromatic carbocycles. The minimum absolute atomic E-state index is 0. The van der Waals surface area contributed by atoms with Gasteiger partial charge in [-0.15, -0.1) is 0 Å². The van der Waals surface area contributed by atoms with Crippen molar-refractivity contribution in [2.75, 3.05) is 13.2 Å². The molecule has 0 N–H and O–H groups in total. The first-order valence-electron chi connectivity index (χ1n) is 8.72. The van der Waals surface area contributed by atoms with Crippen molar-refractivity contribution >= 4 is 7.82 Å². The van der Waals surface area contributed by atoms with Crippen LogP contribution in [0.4, 0.5) is 0 Å². The van der Waals surface area contributed by atoms with Crippen molar-refractivity contribution in [1.82, 2.24) is 0 Å². The van der Waals surface area contributed by atoms with Gasteiger partial charge in [-0.05, 0) is 12.8 Å². The molecule has 0 amide bonds. The Morgan fingerprint density at radius 2 is 1.00 bits per heavy atom. The summed E-state index contributed by atoms with van der Waals surface area (Å²) < 4.78 is 21.2. The summed E-state index contributed by atoms with van der Waals surface area (Å²) in [6.07, 6.45) is 13.3. The van der Waals surface area contributed by atoms with Gasteiger partial charge in [0.1, 0.15) is 0 Å². The second-order valence-corrected chi connectivity index (χ2v) is 7.06. The quantitative estimate of drug-likeness (QED) is 0.192. The summed E-state index contributed by atoms with van der Waals surface area (Å²) in [5, 5.41) is 0. The molecule has 0 aliphatic heterocycles. The Balaban J connectivity index is 0. The first-order valence-corrected chi connectivity index (χ1v) is 10.2. The first kappa shape index (κ1) is 25.1. The molecule has 0 saturated heterocycles. The zero-order valence-corrected chi connectivity index (χ0v) is 16.7. The van der Waals surface area contributed by atoms with Crippen LogP contribution in [0.5, 0.6) is 0 Å². The standard InChI is InChI=1S/C16H35O4P.Ag/c1-3-5-7-9-11-13-15-19-21(17,18)20-16-14-12-10-8-6-4-2;/h3-16H2,1-2H3,(H,17,18);/q;+1/p-1. The van der Waals surface area contributed by atoms with Gasteiger partial charge in [0.2, 0.25) is 0 Å². The van der Waals surface area contributed by atoms with Gasteiger partial charge >= 0.3 is 22.4 Å². The molecule has 0 aliphatic carbocycles. The maximum absolute atomic E-state index is 11.5. The van der Waals surface area contributed by atoms with Crippen molar-refractivity contribution in [2.24, 2.45) is 0 Å². The molecule has 0 spiro atoms. The molecule has 0 rings (SSSR count). The minimum Gasteiger partial charge on any atom is -0.756 e. The fraction of sp³-hybridized carbons (Fsp3) is 1.00. The van der Waals surface area contributed by atoms with Crippen molar-refractivity contribution in [3.8, 4) is 0 Å². The molecular weight excluding hydrogens is 395 g/mol. The molecule has 0 aliphatic rings. The molecular formula is C16H34AgO4P. The molecule has 0 saturated carbocycles. The summed E-state index contributed by atoms with van der Waals surface area (Å²) in [6.45, 7) is 4.86. The van der Waals surface area contributed by atoms with Crippen LogP contribution < -0.4 is 4.89 Å². The third kappa shape index (κ3) is 18.9. The molecule has 22 heavy (non-hydrogen) atoms. The van der Waals surface area contributed by atoms with Gasteiger partial charge in [-0.2, -0.15) is 0 Å². The molecule has 4 nitrogen and oxygen atoms in total. The molecule has 0 radical (unpaired) electrons. The second-order valence-electron chi connectivity index (χ2n) is 5.65.